The monoisotopic (exact) mass is 494 g/mol. The van der Waals surface area contributed by atoms with E-state index in [0.29, 0.717) is 17.0 Å². The Balaban J connectivity index is 0.000000328. The minimum atomic E-state index is -0.154. The molecule has 3 rings (SSSR count). The number of thiophene rings is 1. The molecule has 0 aliphatic heterocycles. The number of ketones is 1. The van der Waals surface area contributed by atoms with Gasteiger partial charge in [-0.1, -0.05) is 32.4 Å². The van der Waals surface area contributed by atoms with Gasteiger partial charge in [0.1, 0.15) is 16.5 Å². The molecule has 2 aromatic heterocycles. The first-order valence-corrected chi connectivity index (χ1v) is 12.7. The number of hydrogen-bond donors (Lipinski definition) is 2. The van der Waals surface area contributed by atoms with E-state index in [1.54, 1.807) is 31.3 Å². The lowest BCUT2D eigenvalue weighted by Gasteiger charge is -2.07. The van der Waals surface area contributed by atoms with Gasteiger partial charge < -0.3 is 15.2 Å². The Morgan fingerprint density at radius 1 is 1.14 bits per heavy atom. The van der Waals surface area contributed by atoms with E-state index in [-0.39, 0.29) is 23.9 Å². The van der Waals surface area contributed by atoms with Crippen molar-refractivity contribution in [2.75, 3.05) is 5.32 Å². The lowest BCUT2D eigenvalue weighted by molar-refractivity contribution is -0.117. The molecule has 0 unspecified atom stereocenters. The number of rotatable bonds is 10. The summed E-state index contributed by atoms with van der Waals surface area (Å²) < 4.78 is 0. The molecule has 0 radical (unpaired) electrons. The Morgan fingerprint density at radius 2 is 1.91 bits per heavy atom. The van der Waals surface area contributed by atoms with Crippen LogP contribution in [0, 0.1) is 6.92 Å². The number of hydrogen-bond acceptors (Lipinski definition) is 6. The second kappa shape index (κ2) is 14.2. The largest absolute Gasteiger partial charge is 0.508 e. The molecule has 1 aromatic carbocycles. The number of aryl methyl sites for hydroxylation is 3. The van der Waals surface area contributed by atoms with Crippen molar-refractivity contribution in [1.82, 2.24) is 4.98 Å². The number of Topliss-reactive ketones (excluding diaryl/α,β-unsaturated/α-hetero) is 1. The summed E-state index contributed by atoms with van der Waals surface area (Å²) in [6.07, 6.45) is 6.83. The normalized spacial score (nSPS) is 10.3. The molecule has 0 bridgehead atoms. The van der Waals surface area contributed by atoms with Crippen molar-refractivity contribution in [1.29, 1.82) is 0 Å². The van der Waals surface area contributed by atoms with Crippen molar-refractivity contribution >= 4 is 34.3 Å². The smallest absolute Gasteiger partial charge is 0.229 e. The highest BCUT2D eigenvalue weighted by atomic mass is 32.1. The number of nitrogens with zero attached hydrogens (tertiary/aromatic N) is 1. The van der Waals surface area contributed by atoms with Crippen molar-refractivity contribution in [3.05, 3.63) is 75.4 Å². The van der Waals surface area contributed by atoms with Crippen LogP contribution in [-0.4, -0.2) is 28.1 Å². The molecule has 35 heavy (non-hydrogen) atoms. The third-order valence-corrected chi connectivity index (χ3v) is 6.77. The second-order valence-corrected chi connectivity index (χ2v) is 9.43. The number of carbonyl (C=O) groups excluding carboxylic acids is 3. The van der Waals surface area contributed by atoms with Crippen LogP contribution in [0.4, 0.5) is 5.00 Å². The molecule has 0 atom stereocenters. The van der Waals surface area contributed by atoms with Gasteiger partial charge in [0.15, 0.2) is 6.29 Å². The van der Waals surface area contributed by atoms with E-state index in [1.807, 2.05) is 25.1 Å². The number of carbonyl (C=O) groups is 3. The molecule has 186 valence electrons. The SMILES string of the molecule is CC(=O)CCc1ccccn1.CCCc1c(CC)sc(NC(=O)Cc2ccc(O)cc2C)c1C=O. The van der Waals surface area contributed by atoms with E-state index >= 15 is 0 Å². The molecule has 2 heterocycles. The van der Waals surface area contributed by atoms with Gasteiger partial charge in [-0.3, -0.25) is 14.6 Å². The van der Waals surface area contributed by atoms with Crippen molar-refractivity contribution in [3.63, 3.8) is 0 Å². The molecule has 6 nitrogen and oxygen atoms in total. The molecular formula is C28H34N2O4S. The fraction of sp³-hybridized carbons (Fsp3) is 0.357. The zero-order valence-electron chi connectivity index (χ0n) is 20.9. The first-order valence-electron chi connectivity index (χ1n) is 11.9. The summed E-state index contributed by atoms with van der Waals surface area (Å²) in [5, 5.41) is 13.0. The number of aromatic hydroxyl groups is 1. The maximum atomic E-state index is 12.4. The van der Waals surface area contributed by atoms with Gasteiger partial charge in [0.2, 0.25) is 5.91 Å². The topological polar surface area (TPSA) is 96.4 Å². The lowest BCUT2D eigenvalue weighted by atomic mass is 10.0. The lowest BCUT2D eigenvalue weighted by Crippen LogP contribution is -2.15. The molecule has 0 spiro atoms. The van der Waals surface area contributed by atoms with Crippen LogP contribution >= 0.6 is 11.3 Å². The summed E-state index contributed by atoms with van der Waals surface area (Å²) in [5.74, 6) is 0.254. The summed E-state index contributed by atoms with van der Waals surface area (Å²) in [6, 6.07) is 10.7. The molecule has 0 fully saturated rings. The number of aromatic nitrogens is 1. The van der Waals surface area contributed by atoms with Crippen LogP contribution in [-0.2, 0) is 35.3 Å². The van der Waals surface area contributed by atoms with Gasteiger partial charge in [-0.25, -0.2) is 0 Å². The van der Waals surface area contributed by atoms with Crippen molar-refractivity contribution < 1.29 is 19.5 Å². The van der Waals surface area contributed by atoms with Crippen LogP contribution in [0.3, 0.4) is 0 Å². The maximum absolute atomic E-state index is 12.4. The van der Waals surface area contributed by atoms with E-state index in [4.69, 9.17) is 0 Å². The van der Waals surface area contributed by atoms with Gasteiger partial charge in [-0.15, -0.1) is 11.3 Å². The van der Waals surface area contributed by atoms with E-state index < -0.39 is 0 Å². The van der Waals surface area contributed by atoms with Crippen LogP contribution in [0.1, 0.15) is 71.2 Å². The average Bonchev–Trinajstić information content (AvgIpc) is 3.16. The molecule has 0 saturated carbocycles. The summed E-state index contributed by atoms with van der Waals surface area (Å²) in [5.41, 5.74) is 4.40. The minimum absolute atomic E-state index is 0.154. The maximum Gasteiger partial charge on any atom is 0.229 e. The predicted molar refractivity (Wildman–Crippen MR) is 141 cm³/mol. The zero-order valence-corrected chi connectivity index (χ0v) is 21.7. The predicted octanol–water partition coefficient (Wildman–Crippen LogP) is 5.87. The van der Waals surface area contributed by atoms with Gasteiger partial charge in [-0.2, -0.15) is 0 Å². The van der Waals surface area contributed by atoms with Gasteiger partial charge in [0, 0.05) is 23.2 Å². The van der Waals surface area contributed by atoms with E-state index in [9.17, 15) is 19.5 Å². The minimum Gasteiger partial charge on any atom is -0.508 e. The van der Waals surface area contributed by atoms with Crippen molar-refractivity contribution in [2.24, 2.45) is 0 Å². The summed E-state index contributed by atoms with van der Waals surface area (Å²) in [4.78, 5) is 39.7. The van der Waals surface area contributed by atoms with Gasteiger partial charge in [0.25, 0.3) is 0 Å². The first-order chi connectivity index (χ1) is 16.8. The number of aldehydes is 1. The Hall–Kier alpha value is -3.32. The number of amides is 1. The van der Waals surface area contributed by atoms with E-state index in [2.05, 4.69) is 24.1 Å². The first kappa shape index (κ1) is 27.9. The molecule has 2 N–H and O–H groups in total. The number of pyridine rings is 1. The summed E-state index contributed by atoms with van der Waals surface area (Å²) in [7, 11) is 0. The molecule has 7 heteroatoms. The third-order valence-electron chi connectivity index (χ3n) is 5.46. The summed E-state index contributed by atoms with van der Waals surface area (Å²) in [6.45, 7) is 7.60. The zero-order chi connectivity index (χ0) is 25.8. The fourth-order valence-corrected chi connectivity index (χ4v) is 4.80. The van der Waals surface area contributed by atoms with Gasteiger partial charge in [0.05, 0.1) is 12.0 Å². The molecule has 3 aromatic rings. The highest BCUT2D eigenvalue weighted by molar-refractivity contribution is 7.16. The summed E-state index contributed by atoms with van der Waals surface area (Å²) >= 11 is 1.49. The molecular weight excluding hydrogens is 460 g/mol. The standard InChI is InChI=1S/C19H23NO3S.C9H11NO/c1-4-6-15-16(11-21)19(24-17(15)5-2)20-18(23)10-13-7-8-14(22)9-12(13)3;1-8(11)5-6-9-4-2-3-7-10-9/h7-9,11,22H,4-6,10H2,1-3H3,(H,20,23);2-4,7H,5-6H2,1H3. The highest BCUT2D eigenvalue weighted by Gasteiger charge is 2.18. The van der Waals surface area contributed by atoms with Crippen LogP contribution in [0.15, 0.2) is 42.6 Å². The number of benzene rings is 1. The van der Waals surface area contributed by atoms with Crippen LogP contribution in [0.5, 0.6) is 5.75 Å². The van der Waals surface area contributed by atoms with Gasteiger partial charge in [-0.05, 0) is 74.1 Å². The van der Waals surface area contributed by atoms with E-state index in [0.717, 1.165) is 59.2 Å². The van der Waals surface area contributed by atoms with Crippen molar-refractivity contribution in [2.45, 2.75) is 66.2 Å². The Morgan fingerprint density at radius 3 is 2.49 bits per heavy atom. The number of phenols is 1. The number of anilines is 1. The quantitative estimate of drug-likeness (QED) is 0.343. The number of phenolic OH excluding ortho intramolecular Hbond substituents is 1. The highest BCUT2D eigenvalue weighted by Crippen LogP contribution is 2.34. The van der Waals surface area contributed by atoms with E-state index in [1.165, 1.54) is 11.3 Å². The Kier molecular flexibility index (Phi) is 11.3. The Bertz CT molecular complexity index is 1140. The third kappa shape index (κ3) is 8.76. The fourth-order valence-electron chi connectivity index (χ4n) is 3.63. The van der Waals surface area contributed by atoms with Crippen LogP contribution in [0.2, 0.25) is 0 Å². The molecule has 0 saturated heterocycles. The number of nitrogens with one attached hydrogen (secondary N) is 1. The Labute approximate surface area is 211 Å². The second-order valence-electron chi connectivity index (χ2n) is 8.33. The van der Waals surface area contributed by atoms with Crippen LogP contribution < -0.4 is 5.32 Å². The molecule has 1 amide bonds. The molecule has 0 aliphatic rings. The van der Waals surface area contributed by atoms with Gasteiger partial charge >= 0.3 is 0 Å². The molecule has 0 aliphatic carbocycles. The average molecular weight is 495 g/mol. The van der Waals surface area contributed by atoms with Crippen LogP contribution in [0.25, 0.3) is 0 Å². The van der Waals surface area contributed by atoms with Crippen molar-refractivity contribution in [3.8, 4) is 5.75 Å².